The van der Waals surface area contributed by atoms with E-state index in [1.807, 2.05) is 12.1 Å². The van der Waals surface area contributed by atoms with Gasteiger partial charge in [-0.3, -0.25) is 4.90 Å². The number of methoxy groups -OCH3 is 1. The summed E-state index contributed by atoms with van der Waals surface area (Å²) in [5.41, 5.74) is 1.19. The third-order valence-corrected chi connectivity index (χ3v) is 4.17. The number of phenols is 1. The van der Waals surface area contributed by atoms with Crippen molar-refractivity contribution in [2.45, 2.75) is 38.8 Å². The first kappa shape index (κ1) is 15.1. The van der Waals surface area contributed by atoms with Gasteiger partial charge in [0.1, 0.15) is 0 Å². The Hall–Kier alpha value is -1.26. The van der Waals surface area contributed by atoms with Gasteiger partial charge in [-0.25, -0.2) is 0 Å². The van der Waals surface area contributed by atoms with Crippen LogP contribution >= 0.6 is 0 Å². The van der Waals surface area contributed by atoms with Crippen LogP contribution in [0.3, 0.4) is 0 Å². The standard InChI is InChI=1S/C16H26N2O2/c1-4-9-18(14-7-8-17-11-14)12(2)13-5-6-15(19)16(10-13)20-3/h5-6,10,12,14,17,19H,4,7-9,11H2,1-3H3. The van der Waals surface area contributed by atoms with Gasteiger partial charge in [-0.1, -0.05) is 13.0 Å². The van der Waals surface area contributed by atoms with Gasteiger partial charge in [0, 0.05) is 18.6 Å². The van der Waals surface area contributed by atoms with Crippen LogP contribution in [0.1, 0.15) is 38.3 Å². The molecule has 0 spiro atoms. The minimum absolute atomic E-state index is 0.202. The molecule has 2 N–H and O–H groups in total. The fraction of sp³-hybridized carbons (Fsp3) is 0.625. The molecule has 0 aliphatic carbocycles. The molecule has 0 aromatic heterocycles. The molecule has 1 aliphatic rings. The lowest BCUT2D eigenvalue weighted by molar-refractivity contribution is 0.153. The van der Waals surface area contributed by atoms with E-state index in [1.165, 1.54) is 12.0 Å². The average molecular weight is 278 g/mol. The molecule has 0 bridgehead atoms. The molecule has 4 heteroatoms. The van der Waals surface area contributed by atoms with Crippen molar-refractivity contribution in [1.29, 1.82) is 0 Å². The van der Waals surface area contributed by atoms with Crippen LogP contribution in [0.5, 0.6) is 11.5 Å². The summed E-state index contributed by atoms with van der Waals surface area (Å²) < 4.78 is 5.22. The quantitative estimate of drug-likeness (QED) is 0.839. The number of nitrogens with one attached hydrogen (secondary N) is 1. The number of hydrogen-bond acceptors (Lipinski definition) is 4. The van der Waals surface area contributed by atoms with E-state index in [9.17, 15) is 5.11 Å². The van der Waals surface area contributed by atoms with Crippen molar-refractivity contribution in [2.24, 2.45) is 0 Å². The molecule has 1 aromatic carbocycles. The van der Waals surface area contributed by atoms with Gasteiger partial charge >= 0.3 is 0 Å². The van der Waals surface area contributed by atoms with Gasteiger partial charge < -0.3 is 15.2 Å². The third-order valence-electron chi connectivity index (χ3n) is 4.17. The van der Waals surface area contributed by atoms with Crippen molar-refractivity contribution in [3.8, 4) is 11.5 Å². The van der Waals surface area contributed by atoms with Crippen molar-refractivity contribution in [3.63, 3.8) is 0 Å². The Morgan fingerprint density at radius 1 is 1.50 bits per heavy atom. The zero-order valence-corrected chi connectivity index (χ0v) is 12.7. The fourth-order valence-electron chi connectivity index (χ4n) is 3.02. The zero-order chi connectivity index (χ0) is 14.5. The van der Waals surface area contributed by atoms with E-state index < -0.39 is 0 Å². The SMILES string of the molecule is CCCN(C1CCNC1)C(C)c1ccc(O)c(OC)c1. The van der Waals surface area contributed by atoms with Crippen LogP contribution < -0.4 is 10.1 Å². The highest BCUT2D eigenvalue weighted by molar-refractivity contribution is 5.42. The van der Waals surface area contributed by atoms with Crippen LogP contribution in [0, 0.1) is 0 Å². The maximum absolute atomic E-state index is 9.72. The largest absolute Gasteiger partial charge is 0.504 e. The number of phenolic OH excluding ortho intramolecular Hbond substituents is 1. The Kier molecular flexibility index (Phi) is 5.26. The Balaban J connectivity index is 2.19. The van der Waals surface area contributed by atoms with Gasteiger partial charge in [-0.05, 0) is 50.6 Å². The van der Waals surface area contributed by atoms with Crippen molar-refractivity contribution in [1.82, 2.24) is 10.2 Å². The molecule has 1 saturated heterocycles. The molecule has 112 valence electrons. The minimum Gasteiger partial charge on any atom is -0.504 e. The van der Waals surface area contributed by atoms with E-state index in [-0.39, 0.29) is 5.75 Å². The summed E-state index contributed by atoms with van der Waals surface area (Å²) in [6, 6.07) is 6.60. The molecule has 0 radical (unpaired) electrons. The fourth-order valence-corrected chi connectivity index (χ4v) is 3.02. The van der Waals surface area contributed by atoms with E-state index in [0.29, 0.717) is 17.8 Å². The van der Waals surface area contributed by atoms with Crippen LogP contribution in [-0.2, 0) is 0 Å². The first-order valence-electron chi connectivity index (χ1n) is 7.50. The number of ether oxygens (including phenoxy) is 1. The number of aromatic hydroxyl groups is 1. The molecule has 1 heterocycles. The van der Waals surface area contributed by atoms with E-state index in [1.54, 1.807) is 13.2 Å². The molecule has 0 amide bonds. The van der Waals surface area contributed by atoms with Crippen LogP contribution in [-0.4, -0.2) is 42.8 Å². The van der Waals surface area contributed by atoms with Crippen LogP contribution in [0.2, 0.25) is 0 Å². The Labute approximate surface area is 121 Å². The molecule has 2 atom stereocenters. The second-order valence-corrected chi connectivity index (χ2v) is 5.49. The molecular weight excluding hydrogens is 252 g/mol. The number of nitrogens with zero attached hydrogens (tertiary/aromatic N) is 1. The summed E-state index contributed by atoms with van der Waals surface area (Å²) in [6.45, 7) is 7.73. The highest BCUT2D eigenvalue weighted by Gasteiger charge is 2.26. The van der Waals surface area contributed by atoms with Crippen molar-refractivity contribution in [2.75, 3.05) is 26.7 Å². The van der Waals surface area contributed by atoms with Gasteiger partial charge in [0.25, 0.3) is 0 Å². The summed E-state index contributed by atoms with van der Waals surface area (Å²) >= 11 is 0. The van der Waals surface area contributed by atoms with E-state index >= 15 is 0 Å². The molecule has 0 saturated carbocycles. The molecule has 2 rings (SSSR count). The first-order chi connectivity index (χ1) is 9.67. The number of benzene rings is 1. The molecular formula is C16H26N2O2. The highest BCUT2D eigenvalue weighted by atomic mass is 16.5. The lowest BCUT2D eigenvalue weighted by atomic mass is 10.0. The second kappa shape index (κ2) is 6.95. The average Bonchev–Trinajstić information content (AvgIpc) is 2.98. The summed E-state index contributed by atoms with van der Waals surface area (Å²) in [6.07, 6.45) is 2.36. The summed E-state index contributed by atoms with van der Waals surface area (Å²) in [5, 5.41) is 13.2. The topological polar surface area (TPSA) is 44.7 Å². The van der Waals surface area contributed by atoms with E-state index in [2.05, 4.69) is 24.1 Å². The van der Waals surface area contributed by atoms with Gasteiger partial charge in [0.05, 0.1) is 7.11 Å². The summed E-state index contributed by atoms with van der Waals surface area (Å²) in [7, 11) is 1.59. The number of rotatable bonds is 6. The van der Waals surface area contributed by atoms with Crippen molar-refractivity contribution < 1.29 is 9.84 Å². The van der Waals surface area contributed by atoms with E-state index in [0.717, 1.165) is 26.1 Å². The maximum atomic E-state index is 9.72. The van der Waals surface area contributed by atoms with Gasteiger partial charge in [-0.2, -0.15) is 0 Å². The van der Waals surface area contributed by atoms with Gasteiger partial charge in [0.15, 0.2) is 11.5 Å². The normalized spacial score (nSPS) is 20.3. The summed E-state index contributed by atoms with van der Waals surface area (Å²) in [5.74, 6) is 0.753. The molecule has 4 nitrogen and oxygen atoms in total. The predicted molar refractivity (Wildman–Crippen MR) is 81.3 cm³/mol. The molecule has 2 unspecified atom stereocenters. The second-order valence-electron chi connectivity index (χ2n) is 5.49. The van der Waals surface area contributed by atoms with Crippen molar-refractivity contribution in [3.05, 3.63) is 23.8 Å². The Morgan fingerprint density at radius 3 is 2.90 bits per heavy atom. The Bertz CT molecular complexity index is 430. The highest BCUT2D eigenvalue weighted by Crippen LogP contribution is 2.32. The molecule has 20 heavy (non-hydrogen) atoms. The molecule has 1 aliphatic heterocycles. The molecule has 1 fully saturated rings. The minimum atomic E-state index is 0.202. The lowest BCUT2D eigenvalue weighted by Gasteiger charge is -2.34. The smallest absolute Gasteiger partial charge is 0.160 e. The van der Waals surface area contributed by atoms with Crippen molar-refractivity contribution >= 4 is 0 Å². The monoisotopic (exact) mass is 278 g/mol. The Morgan fingerprint density at radius 2 is 2.30 bits per heavy atom. The van der Waals surface area contributed by atoms with Gasteiger partial charge in [0.2, 0.25) is 0 Å². The first-order valence-corrected chi connectivity index (χ1v) is 7.50. The number of hydrogen-bond donors (Lipinski definition) is 2. The third kappa shape index (κ3) is 3.25. The molecule has 1 aromatic rings. The van der Waals surface area contributed by atoms with Crippen LogP contribution in [0.25, 0.3) is 0 Å². The van der Waals surface area contributed by atoms with E-state index in [4.69, 9.17) is 4.74 Å². The lowest BCUT2D eigenvalue weighted by Crippen LogP contribution is -2.39. The van der Waals surface area contributed by atoms with Gasteiger partial charge in [-0.15, -0.1) is 0 Å². The summed E-state index contributed by atoms with van der Waals surface area (Å²) in [4.78, 5) is 2.56. The maximum Gasteiger partial charge on any atom is 0.160 e. The van der Waals surface area contributed by atoms with Crippen LogP contribution in [0.4, 0.5) is 0 Å². The zero-order valence-electron chi connectivity index (χ0n) is 12.7. The predicted octanol–water partition coefficient (Wildman–Crippen LogP) is 2.54. The van der Waals surface area contributed by atoms with Crippen LogP contribution in [0.15, 0.2) is 18.2 Å².